The second-order valence-corrected chi connectivity index (χ2v) is 2.81. The summed E-state index contributed by atoms with van der Waals surface area (Å²) in [5.74, 6) is 0. The molecule has 0 aromatic carbocycles. The van der Waals surface area contributed by atoms with Crippen LogP contribution in [0.3, 0.4) is 0 Å². The van der Waals surface area contributed by atoms with Crippen LogP contribution in [0.4, 0.5) is 0 Å². The van der Waals surface area contributed by atoms with Crippen LogP contribution in [0, 0.1) is 0 Å². The maximum Gasteiger partial charge on any atom is 0.101 e. The van der Waals surface area contributed by atoms with Crippen LogP contribution in [0.1, 0.15) is 6.92 Å². The van der Waals surface area contributed by atoms with Crippen molar-refractivity contribution in [1.29, 1.82) is 0 Å². The zero-order valence-corrected chi connectivity index (χ0v) is 7.20. The van der Waals surface area contributed by atoms with E-state index in [4.69, 9.17) is 9.47 Å². The quantitative estimate of drug-likeness (QED) is 0.561. The normalized spacial score (nSPS) is 36.1. The number of hydrogen-bond donors (Lipinski definition) is 0. The molecular weight excluding hydrogens is 140 g/mol. The molecule has 0 saturated heterocycles. The molecular formula is C9H14O2. The van der Waals surface area contributed by atoms with Crippen LogP contribution < -0.4 is 0 Å². The van der Waals surface area contributed by atoms with Gasteiger partial charge in [0.15, 0.2) is 0 Å². The van der Waals surface area contributed by atoms with Crippen molar-refractivity contribution < 1.29 is 9.47 Å². The van der Waals surface area contributed by atoms with Crippen molar-refractivity contribution in [3.05, 3.63) is 24.3 Å². The molecule has 0 spiro atoms. The van der Waals surface area contributed by atoms with Crippen molar-refractivity contribution >= 4 is 0 Å². The molecule has 62 valence electrons. The second kappa shape index (κ2) is 3.20. The lowest BCUT2D eigenvalue weighted by atomic mass is 9.99. The Hall–Kier alpha value is -0.600. The molecule has 0 bridgehead atoms. The molecule has 0 aliphatic heterocycles. The smallest absolute Gasteiger partial charge is 0.101 e. The van der Waals surface area contributed by atoms with E-state index in [0.717, 1.165) is 0 Å². The third-order valence-corrected chi connectivity index (χ3v) is 1.95. The van der Waals surface area contributed by atoms with Crippen LogP contribution in [0.5, 0.6) is 0 Å². The van der Waals surface area contributed by atoms with Gasteiger partial charge in [-0.15, -0.1) is 0 Å². The molecule has 0 fully saturated rings. The minimum absolute atomic E-state index is 0.109. The van der Waals surface area contributed by atoms with E-state index >= 15 is 0 Å². The van der Waals surface area contributed by atoms with Crippen molar-refractivity contribution in [2.75, 3.05) is 14.2 Å². The summed E-state index contributed by atoms with van der Waals surface area (Å²) in [6.45, 7) is 2.01. The predicted molar refractivity (Wildman–Crippen MR) is 44.5 cm³/mol. The minimum atomic E-state index is -0.241. The Labute approximate surface area is 67.5 Å². The number of methoxy groups -OCH3 is 2. The average Bonchev–Trinajstić information content (AvgIpc) is 2.06. The number of rotatable bonds is 2. The Bertz CT molecular complexity index is 168. The third kappa shape index (κ3) is 1.91. The highest BCUT2D eigenvalue weighted by Crippen LogP contribution is 2.18. The monoisotopic (exact) mass is 154 g/mol. The lowest BCUT2D eigenvalue weighted by Gasteiger charge is -2.24. The second-order valence-electron chi connectivity index (χ2n) is 2.81. The van der Waals surface area contributed by atoms with Gasteiger partial charge in [-0.05, 0) is 6.92 Å². The molecule has 0 aromatic heterocycles. The zero-order valence-electron chi connectivity index (χ0n) is 7.20. The van der Waals surface area contributed by atoms with E-state index in [1.165, 1.54) is 0 Å². The van der Waals surface area contributed by atoms with Crippen molar-refractivity contribution in [2.24, 2.45) is 0 Å². The molecule has 2 heteroatoms. The van der Waals surface area contributed by atoms with Crippen LogP contribution in [0.15, 0.2) is 24.3 Å². The van der Waals surface area contributed by atoms with E-state index in [1.807, 2.05) is 31.2 Å². The fourth-order valence-corrected chi connectivity index (χ4v) is 0.985. The van der Waals surface area contributed by atoms with E-state index in [-0.39, 0.29) is 11.7 Å². The predicted octanol–water partition coefficient (Wildman–Crippen LogP) is 1.53. The van der Waals surface area contributed by atoms with E-state index in [9.17, 15) is 0 Å². The molecule has 0 atom stereocenters. The van der Waals surface area contributed by atoms with Gasteiger partial charge in [-0.1, -0.05) is 24.3 Å². The van der Waals surface area contributed by atoms with Gasteiger partial charge in [0, 0.05) is 14.2 Å². The summed E-state index contributed by atoms with van der Waals surface area (Å²) in [7, 11) is 3.39. The van der Waals surface area contributed by atoms with Gasteiger partial charge in [0.1, 0.15) is 5.60 Å². The Balaban J connectivity index is 2.63. The molecule has 0 radical (unpaired) electrons. The average molecular weight is 154 g/mol. The minimum Gasteiger partial charge on any atom is -0.373 e. The van der Waals surface area contributed by atoms with Gasteiger partial charge in [-0.25, -0.2) is 0 Å². The van der Waals surface area contributed by atoms with Crippen molar-refractivity contribution in [3.8, 4) is 0 Å². The van der Waals surface area contributed by atoms with Crippen LogP contribution in [0.25, 0.3) is 0 Å². The van der Waals surface area contributed by atoms with Gasteiger partial charge >= 0.3 is 0 Å². The molecule has 0 amide bonds. The molecule has 0 N–H and O–H groups in total. The molecule has 1 aliphatic rings. The van der Waals surface area contributed by atoms with Crippen molar-refractivity contribution in [3.63, 3.8) is 0 Å². The molecule has 0 unspecified atom stereocenters. The molecule has 0 heterocycles. The lowest BCUT2D eigenvalue weighted by Crippen LogP contribution is -2.25. The van der Waals surface area contributed by atoms with Crippen LogP contribution in [0.2, 0.25) is 0 Å². The van der Waals surface area contributed by atoms with Crippen LogP contribution in [-0.2, 0) is 9.47 Å². The summed E-state index contributed by atoms with van der Waals surface area (Å²) in [6, 6.07) is 0. The summed E-state index contributed by atoms with van der Waals surface area (Å²) in [5, 5.41) is 0. The largest absolute Gasteiger partial charge is 0.373 e. The lowest BCUT2D eigenvalue weighted by molar-refractivity contribution is 0.0831. The van der Waals surface area contributed by atoms with Crippen molar-refractivity contribution in [2.45, 2.75) is 18.6 Å². The zero-order chi connectivity index (χ0) is 8.32. The Morgan fingerprint density at radius 2 is 1.73 bits per heavy atom. The summed E-state index contributed by atoms with van der Waals surface area (Å²) in [4.78, 5) is 0. The van der Waals surface area contributed by atoms with Gasteiger partial charge in [0.25, 0.3) is 0 Å². The maximum atomic E-state index is 5.24. The Kier molecular flexibility index (Phi) is 2.47. The SMILES string of the molecule is COC1C=CC(C)(OC)C=C1. The Morgan fingerprint density at radius 1 is 1.18 bits per heavy atom. The van der Waals surface area contributed by atoms with Crippen LogP contribution in [-0.4, -0.2) is 25.9 Å². The summed E-state index contributed by atoms with van der Waals surface area (Å²) in [6.07, 6.45) is 8.09. The topological polar surface area (TPSA) is 18.5 Å². The van der Waals surface area contributed by atoms with Crippen molar-refractivity contribution in [1.82, 2.24) is 0 Å². The molecule has 1 rings (SSSR count). The van der Waals surface area contributed by atoms with Gasteiger partial charge in [-0.2, -0.15) is 0 Å². The van der Waals surface area contributed by atoms with E-state index < -0.39 is 0 Å². The Morgan fingerprint density at radius 3 is 2.09 bits per heavy atom. The van der Waals surface area contributed by atoms with Gasteiger partial charge in [-0.3, -0.25) is 0 Å². The third-order valence-electron chi connectivity index (χ3n) is 1.95. The molecule has 11 heavy (non-hydrogen) atoms. The van der Waals surface area contributed by atoms with Gasteiger partial charge in [0.05, 0.1) is 6.10 Å². The maximum absolute atomic E-state index is 5.24. The first-order valence-corrected chi connectivity index (χ1v) is 3.67. The van der Waals surface area contributed by atoms with Gasteiger partial charge in [0.2, 0.25) is 0 Å². The van der Waals surface area contributed by atoms with E-state index in [2.05, 4.69) is 0 Å². The van der Waals surface area contributed by atoms with E-state index in [1.54, 1.807) is 14.2 Å². The summed E-state index contributed by atoms with van der Waals surface area (Å²) >= 11 is 0. The number of ether oxygens (including phenoxy) is 2. The standard InChI is InChI=1S/C9H14O2/c1-9(11-3)6-4-8(10-2)5-7-9/h4-8H,1-3H3. The summed E-state index contributed by atoms with van der Waals surface area (Å²) < 4.78 is 10.3. The van der Waals surface area contributed by atoms with Gasteiger partial charge < -0.3 is 9.47 Å². The fraction of sp³-hybridized carbons (Fsp3) is 0.556. The molecule has 0 aromatic rings. The first-order chi connectivity index (χ1) is 5.20. The molecule has 0 saturated carbocycles. The van der Waals surface area contributed by atoms with E-state index in [0.29, 0.717) is 0 Å². The fourth-order valence-electron chi connectivity index (χ4n) is 0.985. The first kappa shape index (κ1) is 8.50. The van der Waals surface area contributed by atoms with Crippen LogP contribution >= 0.6 is 0 Å². The highest BCUT2D eigenvalue weighted by molar-refractivity contribution is 5.22. The number of hydrogen-bond acceptors (Lipinski definition) is 2. The molecule has 2 nitrogen and oxygen atoms in total. The molecule has 1 aliphatic carbocycles. The highest BCUT2D eigenvalue weighted by Gasteiger charge is 2.19. The first-order valence-electron chi connectivity index (χ1n) is 3.67. The summed E-state index contributed by atoms with van der Waals surface area (Å²) in [5.41, 5.74) is -0.241. The highest BCUT2D eigenvalue weighted by atomic mass is 16.5.